The van der Waals surface area contributed by atoms with Gasteiger partial charge in [0.05, 0.1) is 16.8 Å². The van der Waals surface area contributed by atoms with Gasteiger partial charge in [0.2, 0.25) is 21.9 Å². The zero-order valence-electron chi connectivity index (χ0n) is 19.6. The fraction of sp³-hybridized carbons (Fsp3) is 0.261. The van der Waals surface area contributed by atoms with E-state index in [1.807, 2.05) is 32.0 Å². The molecule has 1 amide bonds. The Labute approximate surface area is 205 Å². The topological polar surface area (TPSA) is 138 Å². The third-order valence-corrected chi connectivity index (χ3v) is 7.56. The Kier molecular flexibility index (Phi) is 8.07. The molecule has 2 aromatic carbocycles. The summed E-state index contributed by atoms with van der Waals surface area (Å²) in [6, 6.07) is 12.8. The fourth-order valence-electron chi connectivity index (χ4n) is 3.31. The molecule has 35 heavy (non-hydrogen) atoms. The summed E-state index contributed by atoms with van der Waals surface area (Å²) < 4.78 is 53.2. The molecule has 0 spiro atoms. The van der Waals surface area contributed by atoms with Gasteiger partial charge in [0.25, 0.3) is 10.0 Å². The van der Waals surface area contributed by atoms with Gasteiger partial charge >= 0.3 is 0 Å². The third-order valence-electron chi connectivity index (χ3n) is 5.04. The van der Waals surface area contributed by atoms with E-state index < -0.39 is 20.0 Å². The van der Waals surface area contributed by atoms with E-state index in [0.717, 1.165) is 17.4 Å². The Bertz CT molecular complexity index is 1390. The number of rotatable bonds is 10. The molecule has 0 saturated heterocycles. The number of aromatic nitrogens is 2. The van der Waals surface area contributed by atoms with E-state index in [9.17, 15) is 21.6 Å². The minimum Gasteiger partial charge on any atom is -0.326 e. The highest BCUT2D eigenvalue weighted by molar-refractivity contribution is 7.92. The summed E-state index contributed by atoms with van der Waals surface area (Å²) in [6.07, 6.45) is 4.37. The zero-order chi connectivity index (χ0) is 25.6. The van der Waals surface area contributed by atoms with Crippen LogP contribution in [-0.4, -0.2) is 45.5 Å². The molecule has 186 valence electrons. The Morgan fingerprint density at radius 3 is 2.26 bits per heavy atom. The van der Waals surface area contributed by atoms with Crippen LogP contribution >= 0.6 is 0 Å². The molecular weight excluding hydrogens is 490 g/mol. The lowest BCUT2D eigenvalue weighted by molar-refractivity contribution is -0.116. The van der Waals surface area contributed by atoms with Crippen LogP contribution in [-0.2, 0) is 24.8 Å². The van der Waals surface area contributed by atoms with Gasteiger partial charge in [-0.3, -0.25) is 9.10 Å². The maximum absolute atomic E-state index is 12.5. The van der Waals surface area contributed by atoms with Crippen LogP contribution in [0.25, 0.3) is 0 Å². The van der Waals surface area contributed by atoms with Crippen molar-refractivity contribution < 1.29 is 21.6 Å². The van der Waals surface area contributed by atoms with Crippen molar-refractivity contribution >= 4 is 43.3 Å². The van der Waals surface area contributed by atoms with E-state index in [2.05, 4.69) is 20.0 Å². The molecular formula is C23H27N5O5S2. The van der Waals surface area contributed by atoms with Crippen LogP contribution in [0, 0.1) is 13.8 Å². The van der Waals surface area contributed by atoms with E-state index >= 15 is 0 Å². The predicted octanol–water partition coefficient (Wildman–Crippen LogP) is 3.08. The second-order valence-corrected chi connectivity index (χ2v) is 11.6. The number of sulfonamides is 2. The standard InChI is InChI=1S/C23H27N5O5S2/c1-17-7-8-18(2)21(16-17)28(34(3,30)31)15-4-6-22(29)26-19-9-11-20(12-10-19)35(32,33)27-23-24-13-5-14-25-23/h5,7-14,16H,4,6,15H2,1-3H3,(H,26,29)(H,24,25,27). The molecule has 1 aromatic heterocycles. The first kappa shape index (κ1) is 26.1. The first-order valence-electron chi connectivity index (χ1n) is 10.7. The highest BCUT2D eigenvalue weighted by Gasteiger charge is 2.20. The Morgan fingerprint density at radius 1 is 0.971 bits per heavy atom. The monoisotopic (exact) mass is 517 g/mol. The first-order valence-corrected chi connectivity index (χ1v) is 14.0. The number of hydrogen-bond acceptors (Lipinski definition) is 7. The minimum absolute atomic E-state index is 0.0136. The molecule has 0 radical (unpaired) electrons. The van der Waals surface area contributed by atoms with Gasteiger partial charge in [-0.25, -0.2) is 31.5 Å². The Balaban J connectivity index is 1.59. The van der Waals surface area contributed by atoms with Gasteiger partial charge in [-0.15, -0.1) is 0 Å². The quantitative estimate of drug-likeness (QED) is 0.421. The molecule has 0 saturated carbocycles. The summed E-state index contributed by atoms with van der Waals surface area (Å²) in [5.41, 5.74) is 2.78. The maximum Gasteiger partial charge on any atom is 0.264 e. The van der Waals surface area contributed by atoms with E-state index in [0.29, 0.717) is 17.8 Å². The summed E-state index contributed by atoms with van der Waals surface area (Å²) in [4.78, 5) is 20.0. The molecule has 0 aliphatic carbocycles. The number of carbonyl (C=O) groups excluding carboxylic acids is 1. The number of benzene rings is 2. The third kappa shape index (κ3) is 7.23. The summed E-state index contributed by atoms with van der Waals surface area (Å²) in [5, 5.41) is 2.70. The van der Waals surface area contributed by atoms with Gasteiger partial charge in [-0.2, -0.15) is 0 Å². The van der Waals surface area contributed by atoms with E-state index in [1.54, 1.807) is 6.07 Å². The number of amides is 1. The number of nitrogens with one attached hydrogen (secondary N) is 2. The van der Waals surface area contributed by atoms with Crippen LogP contribution in [0.2, 0.25) is 0 Å². The van der Waals surface area contributed by atoms with Crippen LogP contribution in [0.5, 0.6) is 0 Å². The largest absolute Gasteiger partial charge is 0.326 e. The lowest BCUT2D eigenvalue weighted by Crippen LogP contribution is -2.32. The van der Waals surface area contributed by atoms with E-state index in [4.69, 9.17) is 0 Å². The van der Waals surface area contributed by atoms with Crippen LogP contribution in [0.3, 0.4) is 0 Å². The van der Waals surface area contributed by atoms with E-state index in [-0.39, 0.29) is 29.7 Å². The maximum atomic E-state index is 12.5. The molecule has 0 aliphatic rings. The van der Waals surface area contributed by atoms with Crippen molar-refractivity contribution in [1.29, 1.82) is 0 Å². The van der Waals surface area contributed by atoms with Crippen LogP contribution in [0.15, 0.2) is 65.8 Å². The van der Waals surface area contributed by atoms with Gasteiger partial charge in [0.15, 0.2) is 0 Å². The van der Waals surface area contributed by atoms with Crippen molar-refractivity contribution in [2.45, 2.75) is 31.6 Å². The smallest absolute Gasteiger partial charge is 0.264 e. The van der Waals surface area contributed by atoms with Crippen molar-refractivity contribution in [2.24, 2.45) is 0 Å². The summed E-state index contributed by atoms with van der Waals surface area (Å²) in [7, 11) is -7.41. The van der Waals surface area contributed by atoms with Gasteiger partial charge in [0.1, 0.15) is 0 Å². The molecule has 0 fully saturated rings. The number of carbonyl (C=O) groups is 1. The number of anilines is 3. The molecule has 0 aliphatic heterocycles. The summed E-state index contributed by atoms with van der Waals surface area (Å²) in [5.74, 6) is -0.361. The minimum atomic E-state index is -3.88. The molecule has 2 N–H and O–H groups in total. The summed E-state index contributed by atoms with van der Waals surface area (Å²) in [6.45, 7) is 3.88. The van der Waals surface area contributed by atoms with Crippen LogP contribution in [0.4, 0.5) is 17.3 Å². The molecule has 3 rings (SSSR count). The molecule has 1 heterocycles. The number of aryl methyl sites for hydroxylation is 2. The molecule has 3 aromatic rings. The summed E-state index contributed by atoms with van der Waals surface area (Å²) >= 11 is 0. The molecule has 0 atom stereocenters. The first-order chi connectivity index (χ1) is 16.5. The SMILES string of the molecule is Cc1ccc(C)c(N(CCCC(=O)Nc2ccc(S(=O)(=O)Nc3ncccn3)cc2)S(C)(=O)=O)c1. The lowest BCUT2D eigenvalue weighted by Gasteiger charge is -2.24. The van der Waals surface area contributed by atoms with Crippen molar-refractivity contribution in [3.8, 4) is 0 Å². The predicted molar refractivity (Wildman–Crippen MR) is 135 cm³/mol. The van der Waals surface area contributed by atoms with E-state index in [1.165, 1.54) is 41.0 Å². The molecule has 12 heteroatoms. The highest BCUT2D eigenvalue weighted by Crippen LogP contribution is 2.24. The normalized spacial score (nSPS) is 11.6. The molecule has 0 unspecified atom stereocenters. The Hall–Kier alpha value is -3.51. The fourth-order valence-corrected chi connectivity index (χ4v) is 5.28. The average Bonchev–Trinajstić information content (AvgIpc) is 2.78. The average molecular weight is 518 g/mol. The Morgan fingerprint density at radius 2 is 1.63 bits per heavy atom. The van der Waals surface area contributed by atoms with Crippen molar-refractivity contribution in [3.63, 3.8) is 0 Å². The molecule has 10 nitrogen and oxygen atoms in total. The van der Waals surface area contributed by atoms with Gasteiger partial charge in [0, 0.05) is 31.0 Å². The van der Waals surface area contributed by atoms with Crippen molar-refractivity contribution in [2.75, 3.05) is 27.1 Å². The van der Waals surface area contributed by atoms with Crippen LogP contribution < -0.4 is 14.3 Å². The second kappa shape index (κ2) is 10.8. The molecule has 0 bridgehead atoms. The van der Waals surface area contributed by atoms with Crippen LogP contribution in [0.1, 0.15) is 24.0 Å². The zero-order valence-corrected chi connectivity index (χ0v) is 21.2. The van der Waals surface area contributed by atoms with Gasteiger partial charge < -0.3 is 5.32 Å². The highest BCUT2D eigenvalue weighted by atomic mass is 32.2. The number of nitrogens with zero attached hydrogens (tertiary/aromatic N) is 3. The van der Waals surface area contributed by atoms with Crippen molar-refractivity contribution in [3.05, 3.63) is 72.1 Å². The second-order valence-electron chi connectivity index (χ2n) is 7.98. The van der Waals surface area contributed by atoms with Gasteiger partial charge in [-0.05, 0) is 67.8 Å². The lowest BCUT2D eigenvalue weighted by atomic mass is 10.1. The van der Waals surface area contributed by atoms with Crippen molar-refractivity contribution in [1.82, 2.24) is 9.97 Å². The number of hydrogen-bond donors (Lipinski definition) is 2. The van der Waals surface area contributed by atoms with Gasteiger partial charge in [-0.1, -0.05) is 12.1 Å².